The lowest BCUT2D eigenvalue weighted by Crippen LogP contribution is -2.26. The van der Waals surface area contributed by atoms with Crippen LogP contribution in [0.4, 0.5) is 16.2 Å². The number of carbonyl (C=O) groups excluding carboxylic acids is 2. The van der Waals surface area contributed by atoms with E-state index in [0.717, 1.165) is 6.07 Å². The number of nitrogens with one attached hydrogen (secondary N) is 1. The van der Waals surface area contributed by atoms with Gasteiger partial charge in [-0.15, -0.1) is 0 Å². The van der Waals surface area contributed by atoms with Crippen molar-refractivity contribution in [3.63, 3.8) is 0 Å². The van der Waals surface area contributed by atoms with E-state index in [1.165, 1.54) is 30.5 Å². The molecule has 0 bridgehead atoms. The maximum absolute atomic E-state index is 15.4. The molecule has 0 saturated carbocycles. The SMILES string of the molecule is CC#CC(=O)N1CCC(c2nc(-c3ccc(C(=O)Nc4cc(C#N)ccn4)cc3F)n3c(N)nccc23)C1. The summed E-state index contributed by atoms with van der Waals surface area (Å²) in [7, 11) is 0. The molecule has 188 valence electrons. The summed E-state index contributed by atoms with van der Waals surface area (Å²) in [6, 6.07) is 10.7. The lowest BCUT2D eigenvalue weighted by atomic mass is 10.0. The third-order valence-electron chi connectivity index (χ3n) is 6.31. The van der Waals surface area contributed by atoms with Crippen molar-refractivity contribution < 1.29 is 14.0 Å². The number of nitriles is 1. The number of anilines is 2. The summed E-state index contributed by atoms with van der Waals surface area (Å²) in [5.41, 5.74) is 8.04. The molecule has 10 nitrogen and oxygen atoms in total. The largest absolute Gasteiger partial charge is 0.369 e. The van der Waals surface area contributed by atoms with E-state index in [1.54, 1.807) is 28.5 Å². The Balaban J connectivity index is 1.48. The standard InChI is InChI=1S/C27H21FN8O2/c1-2-3-23(37)35-11-8-18(15-35)24-21-7-10-32-27(30)36(21)25(34-24)19-5-4-17(13-20(19)28)26(38)33-22-12-16(14-29)6-9-31-22/h4-7,9-10,12-13,18H,8,11,15H2,1H3,(H2,30,32)(H,31,33,38). The quantitative estimate of drug-likeness (QED) is 0.404. The number of aromatic nitrogens is 4. The second-order valence-corrected chi connectivity index (χ2v) is 8.65. The first-order valence-corrected chi connectivity index (χ1v) is 11.7. The Bertz CT molecular complexity index is 1690. The second kappa shape index (κ2) is 9.99. The molecule has 11 heteroatoms. The molecule has 0 radical (unpaired) electrons. The van der Waals surface area contributed by atoms with Gasteiger partial charge in [0.2, 0.25) is 5.95 Å². The van der Waals surface area contributed by atoms with Crippen LogP contribution in [0, 0.1) is 29.0 Å². The number of nitrogen functional groups attached to an aromatic ring is 1. The van der Waals surface area contributed by atoms with E-state index in [-0.39, 0.29) is 40.5 Å². The van der Waals surface area contributed by atoms with Gasteiger partial charge in [-0.25, -0.2) is 19.3 Å². The first kappa shape index (κ1) is 24.4. The van der Waals surface area contributed by atoms with Gasteiger partial charge in [0.15, 0.2) is 5.82 Å². The number of pyridine rings is 1. The van der Waals surface area contributed by atoms with Crippen LogP contribution in [0.15, 0.2) is 48.8 Å². The summed E-state index contributed by atoms with van der Waals surface area (Å²) < 4.78 is 17.0. The maximum Gasteiger partial charge on any atom is 0.298 e. The monoisotopic (exact) mass is 508 g/mol. The van der Waals surface area contributed by atoms with Crippen molar-refractivity contribution in [2.24, 2.45) is 0 Å². The van der Waals surface area contributed by atoms with Gasteiger partial charge in [-0.3, -0.25) is 14.0 Å². The topological polar surface area (TPSA) is 142 Å². The van der Waals surface area contributed by atoms with Crippen LogP contribution in [0.5, 0.6) is 0 Å². The van der Waals surface area contributed by atoms with Crippen LogP contribution in [0.25, 0.3) is 16.9 Å². The molecule has 0 aliphatic carbocycles. The highest BCUT2D eigenvalue weighted by molar-refractivity contribution is 6.04. The summed E-state index contributed by atoms with van der Waals surface area (Å²) in [5, 5.41) is 11.6. The third-order valence-corrected chi connectivity index (χ3v) is 6.31. The number of rotatable bonds is 4. The van der Waals surface area contributed by atoms with Gasteiger partial charge >= 0.3 is 0 Å². The Morgan fingerprint density at radius 3 is 2.76 bits per heavy atom. The summed E-state index contributed by atoms with van der Waals surface area (Å²) >= 11 is 0. The molecule has 5 rings (SSSR count). The normalized spacial score (nSPS) is 14.6. The van der Waals surface area contributed by atoms with E-state index >= 15 is 4.39 Å². The average Bonchev–Trinajstić information content (AvgIpc) is 3.55. The fraction of sp³-hybridized carbons (Fsp3) is 0.185. The Morgan fingerprint density at radius 2 is 2.00 bits per heavy atom. The van der Waals surface area contributed by atoms with E-state index in [2.05, 4.69) is 27.1 Å². The van der Waals surface area contributed by atoms with E-state index in [9.17, 15) is 9.59 Å². The minimum absolute atomic E-state index is 0.0598. The Morgan fingerprint density at radius 1 is 1.18 bits per heavy atom. The summed E-state index contributed by atoms with van der Waals surface area (Å²) in [6.07, 6.45) is 3.63. The van der Waals surface area contributed by atoms with Gasteiger partial charge < -0.3 is 16.0 Å². The van der Waals surface area contributed by atoms with E-state index in [1.807, 2.05) is 6.07 Å². The van der Waals surface area contributed by atoms with Gasteiger partial charge in [-0.05, 0) is 55.7 Å². The molecule has 4 aromatic rings. The molecule has 4 heterocycles. The molecule has 1 aliphatic rings. The molecule has 3 aromatic heterocycles. The number of amides is 2. The third kappa shape index (κ3) is 4.49. The van der Waals surface area contributed by atoms with Crippen molar-refractivity contribution in [2.75, 3.05) is 24.1 Å². The van der Waals surface area contributed by atoms with E-state index in [0.29, 0.717) is 36.3 Å². The molecule has 1 aliphatic heterocycles. The van der Waals surface area contributed by atoms with Crippen LogP contribution in [0.2, 0.25) is 0 Å². The predicted molar refractivity (Wildman–Crippen MR) is 137 cm³/mol. The van der Waals surface area contributed by atoms with Gasteiger partial charge in [-0.1, -0.05) is 5.92 Å². The number of halogens is 1. The zero-order chi connectivity index (χ0) is 26.8. The van der Waals surface area contributed by atoms with Gasteiger partial charge in [0, 0.05) is 37.0 Å². The Labute approximate surface area is 216 Å². The fourth-order valence-corrected chi connectivity index (χ4v) is 4.51. The zero-order valence-corrected chi connectivity index (χ0v) is 20.3. The first-order valence-electron chi connectivity index (χ1n) is 11.7. The minimum Gasteiger partial charge on any atom is -0.369 e. The van der Waals surface area contributed by atoms with Crippen molar-refractivity contribution in [1.29, 1.82) is 5.26 Å². The molecule has 1 fully saturated rings. The molecule has 1 aromatic carbocycles. The van der Waals surface area contributed by atoms with Crippen LogP contribution >= 0.6 is 0 Å². The minimum atomic E-state index is -0.681. The molecule has 1 unspecified atom stereocenters. The van der Waals surface area contributed by atoms with Gasteiger partial charge in [0.05, 0.1) is 28.4 Å². The molecule has 3 N–H and O–H groups in total. The number of fused-ring (bicyclic) bond motifs is 1. The fourth-order valence-electron chi connectivity index (χ4n) is 4.51. The van der Waals surface area contributed by atoms with Crippen molar-refractivity contribution in [2.45, 2.75) is 19.3 Å². The summed E-state index contributed by atoms with van der Waals surface area (Å²) in [5.74, 6) is 4.14. The summed E-state index contributed by atoms with van der Waals surface area (Å²) in [6.45, 7) is 2.59. The predicted octanol–water partition coefficient (Wildman–Crippen LogP) is 2.98. The van der Waals surface area contributed by atoms with Crippen molar-refractivity contribution in [1.82, 2.24) is 24.3 Å². The highest BCUT2D eigenvalue weighted by Crippen LogP contribution is 2.34. The van der Waals surface area contributed by atoms with Crippen LogP contribution < -0.4 is 11.1 Å². The molecule has 2 amide bonds. The Kier molecular flexibility index (Phi) is 6.42. The van der Waals surface area contributed by atoms with Crippen molar-refractivity contribution >= 4 is 29.1 Å². The van der Waals surface area contributed by atoms with Crippen LogP contribution in [-0.4, -0.2) is 49.2 Å². The number of hydrogen-bond acceptors (Lipinski definition) is 7. The summed E-state index contributed by atoms with van der Waals surface area (Å²) in [4.78, 5) is 39.5. The zero-order valence-electron chi connectivity index (χ0n) is 20.3. The molecule has 1 atom stereocenters. The number of imidazole rings is 1. The lowest BCUT2D eigenvalue weighted by molar-refractivity contribution is -0.124. The Hall–Kier alpha value is -5.29. The smallest absolute Gasteiger partial charge is 0.298 e. The van der Waals surface area contributed by atoms with Crippen LogP contribution in [-0.2, 0) is 4.79 Å². The van der Waals surface area contributed by atoms with Crippen molar-refractivity contribution in [3.05, 3.63) is 71.4 Å². The second-order valence-electron chi connectivity index (χ2n) is 8.65. The van der Waals surface area contributed by atoms with Crippen LogP contribution in [0.3, 0.4) is 0 Å². The molecular formula is C27H21FN8O2. The molecule has 1 saturated heterocycles. The molecule has 0 spiro atoms. The number of nitrogens with two attached hydrogens (primary N) is 1. The maximum atomic E-state index is 15.4. The molecule has 38 heavy (non-hydrogen) atoms. The number of likely N-dealkylation sites (tertiary alicyclic amines) is 1. The number of nitrogens with zero attached hydrogens (tertiary/aromatic N) is 6. The van der Waals surface area contributed by atoms with Gasteiger partial charge in [-0.2, -0.15) is 5.26 Å². The first-order chi connectivity index (χ1) is 18.4. The highest BCUT2D eigenvalue weighted by Gasteiger charge is 2.31. The van der Waals surface area contributed by atoms with Crippen molar-refractivity contribution in [3.8, 4) is 29.3 Å². The van der Waals surface area contributed by atoms with E-state index < -0.39 is 11.7 Å². The molecular weight excluding hydrogens is 487 g/mol. The average molecular weight is 509 g/mol. The number of hydrogen-bond donors (Lipinski definition) is 2. The van der Waals surface area contributed by atoms with Gasteiger partial charge in [0.25, 0.3) is 11.8 Å². The van der Waals surface area contributed by atoms with E-state index in [4.69, 9.17) is 16.0 Å². The highest BCUT2D eigenvalue weighted by atomic mass is 19.1. The van der Waals surface area contributed by atoms with Crippen LogP contribution in [0.1, 0.15) is 40.9 Å². The van der Waals surface area contributed by atoms with Gasteiger partial charge in [0.1, 0.15) is 11.6 Å². The number of benzene rings is 1. The number of carbonyl (C=O) groups is 2. The lowest BCUT2D eigenvalue weighted by Gasteiger charge is -2.12.